The van der Waals surface area contributed by atoms with E-state index >= 15 is 0 Å². The second-order valence-electron chi connectivity index (χ2n) is 6.37. The molecule has 3 rings (SSSR count). The van der Waals surface area contributed by atoms with Gasteiger partial charge in [-0.05, 0) is 66.2 Å². The van der Waals surface area contributed by atoms with Crippen molar-refractivity contribution in [2.45, 2.75) is 30.4 Å². The first-order valence-electron chi connectivity index (χ1n) is 9.04. The van der Waals surface area contributed by atoms with Crippen LogP contribution in [-0.2, 0) is 16.4 Å². The highest BCUT2D eigenvalue weighted by molar-refractivity contribution is 7.94. The van der Waals surface area contributed by atoms with Crippen molar-refractivity contribution in [1.82, 2.24) is 0 Å². The van der Waals surface area contributed by atoms with Gasteiger partial charge in [0.2, 0.25) is 0 Å². The third-order valence-corrected chi connectivity index (χ3v) is 6.97. The highest BCUT2D eigenvalue weighted by Gasteiger charge is 2.15. The van der Waals surface area contributed by atoms with Crippen LogP contribution in [0.4, 0.5) is 11.4 Å². The van der Waals surface area contributed by atoms with Crippen molar-refractivity contribution in [3.05, 3.63) is 77.2 Å². The van der Waals surface area contributed by atoms with Gasteiger partial charge < -0.3 is 5.32 Å². The van der Waals surface area contributed by atoms with Crippen LogP contribution in [0.2, 0.25) is 0 Å². The fraction of sp³-hybridized carbons (Fsp3) is 0.190. The lowest BCUT2D eigenvalue weighted by atomic mass is 10.1. The Labute approximate surface area is 169 Å². The number of benzene rings is 2. The molecule has 0 radical (unpaired) electrons. The molecule has 0 saturated carbocycles. The van der Waals surface area contributed by atoms with E-state index in [-0.39, 0.29) is 10.1 Å². The van der Waals surface area contributed by atoms with Crippen molar-refractivity contribution < 1.29 is 13.2 Å². The van der Waals surface area contributed by atoms with Crippen LogP contribution >= 0.6 is 11.3 Å². The van der Waals surface area contributed by atoms with Gasteiger partial charge in [-0.2, -0.15) is 0 Å². The Balaban J connectivity index is 1.62. The smallest absolute Gasteiger partial charge is 0.271 e. The summed E-state index contributed by atoms with van der Waals surface area (Å²) in [6.45, 7) is 2.16. The molecule has 0 bridgehead atoms. The molecule has 5 nitrogen and oxygen atoms in total. The number of unbranched alkanes of at least 4 members (excludes halogenated alkanes) is 1. The van der Waals surface area contributed by atoms with Crippen molar-refractivity contribution >= 4 is 38.6 Å². The van der Waals surface area contributed by atoms with Gasteiger partial charge in [0.05, 0.1) is 0 Å². The largest absolute Gasteiger partial charge is 0.322 e. The lowest BCUT2D eigenvalue weighted by Crippen LogP contribution is -2.13. The van der Waals surface area contributed by atoms with Crippen LogP contribution < -0.4 is 10.0 Å². The van der Waals surface area contributed by atoms with Gasteiger partial charge in [0.25, 0.3) is 15.9 Å². The second kappa shape index (κ2) is 9.03. The summed E-state index contributed by atoms with van der Waals surface area (Å²) in [6, 6.07) is 17.4. The van der Waals surface area contributed by atoms with Crippen molar-refractivity contribution in [2.24, 2.45) is 0 Å². The predicted molar refractivity (Wildman–Crippen MR) is 115 cm³/mol. The van der Waals surface area contributed by atoms with Gasteiger partial charge in [-0.3, -0.25) is 9.52 Å². The minimum absolute atomic E-state index is 0.242. The number of aryl methyl sites for hydroxylation is 1. The first-order valence-corrected chi connectivity index (χ1v) is 11.4. The Morgan fingerprint density at radius 1 is 0.964 bits per heavy atom. The molecule has 2 aromatic carbocycles. The zero-order valence-electron chi connectivity index (χ0n) is 15.5. The van der Waals surface area contributed by atoms with E-state index in [9.17, 15) is 13.2 Å². The van der Waals surface area contributed by atoms with E-state index in [1.54, 1.807) is 41.8 Å². The lowest BCUT2D eigenvalue weighted by molar-refractivity contribution is 0.102. The summed E-state index contributed by atoms with van der Waals surface area (Å²) in [5, 5.41) is 4.56. The van der Waals surface area contributed by atoms with Crippen LogP contribution in [0.1, 0.15) is 35.7 Å². The lowest BCUT2D eigenvalue weighted by Gasteiger charge is -2.09. The van der Waals surface area contributed by atoms with Crippen LogP contribution in [0, 0.1) is 0 Å². The number of hydrogen-bond acceptors (Lipinski definition) is 4. The molecule has 3 aromatic rings. The number of thiophene rings is 1. The Morgan fingerprint density at radius 3 is 2.25 bits per heavy atom. The fourth-order valence-electron chi connectivity index (χ4n) is 2.65. The summed E-state index contributed by atoms with van der Waals surface area (Å²) < 4.78 is 27.2. The molecular weight excluding hydrogens is 392 g/mol. The van der Waals surface area contributed by atoms with Gasteiger partial charge in [-0.1, -0.05) is 31.5 Å². The third kappa shape index (κ3) is 5.21. The number of anilines is 2. The quantitative estimate of drug-likeness (QED) is 0.536. The van der Waals surface area contributed by atoms with E-state index in [4.69, 9.17) is 0 Å². The summed E-state index contributed by atoms with van der Waals surface area (Å²) in [5.74, 6) is -0.242. The van der Waals surface area contributed by atoms with Gasteiger partial charge in [0, 0.05) is 16.9 Å². The maximum atomic E-state index is 12.4. The molecule has 0 aliphatic carbocycles. The predicted octanol–water partition coefficient (Wildman–Crippen LogP) is 5.14. The second-order valence-corrected chi connectivity index (χ2v) is 9.23. The van der Waals surface area contributed by atoms with Crippen LogP contribution in [0.5, 0.6) is 0 Å². The summed E-state index contributed by atoms with van der Waals surface area (Å²) in [4.78, 5) is 12.4. The van der Waals surface area contributed by atoms with Crippen LogP contribution in [-0.4, -0.2) is 14.3 Å². The molecule has 1 heterocycles. The molecular formula is C21H22N2O3S2. The number of rotatable bonds is 8. The van der Waals surface area contributed by atoms with Crippen LogP contribution in [0.25, 0.3) is 0 Å². The Kier molecular flexibility index (Phi) is 6.49. The summed E-state index contributed by atoms with van der Waals surface area (Å²) >= 11 is 1.15. The SMILES string of the molecule is CCCCc1ccc(NC(=O)c2ccc(NS(=O)(=O)c3cccs3)cc2)cc1. The average molecular weight is 415 g/mol. The normalized spacial score (nSPS) is 11.2. The number of nitrogens with one attached hydrogen (secondary N) is 2. The van der Waals surface area contributed by atoms with E-state index in [2.05, 4.69) is 17.0 Å². The minimum Gasteiger partial charge on any atom is -0.322 e. The number of sulfonamides is 1. The molecule has 0 aliphatic rings. The maximum Gasteiger partial charge on any atom is 0.271 e. The molecule has 0 fully saturated rings. The molecule has 1 aromatic heterocycles. The molecule has 146 valence electrons. The standard InChI is InChI=1S/C21H22N2O3S2/c1-2-3-5-16-7-11-18(12-8-16)22-21(24)17-9-13-19(14-10-17)23-28(25,26)20-6-4-15-27-20/h4,6-15,23H,2-3,5H2,1H3,(H,22,24). The number of amides is 1. The summed E-state index contributed by atoms with van der Waals surface area (Å²) in [5.41, 5.74) is 2.84. The average Bonchev–Trinajstić information content (AvgIpc) is 3.24. The molecule has 0 atom stereocenters. The van der Waals surface area contributed by atoms with E-state index in [1.807, 2.05) is 24.3 Å². The fourth-order valence-corrected chi connectivity index (χ4v) is 4.70. The van der Waals surface area contributed by atoms with E-state index in [1.165, 1.54) is 5.56 Å². The van der Waals surface area contributed by atoms with Gasteiger partial charge in [0.1, 0.15) is 4.21 Å². The first-order chi connectivity index (χ1) is 13.5. The van der Waals surface area contributed by atoms with Crippen LogP contribution in [0.15, 0.2) is 70.3 Å². The van der Waals surface area contributed by atoms with Crippen molar-refractivity contribution in [3.63, 3.8) is 0 Å². The van der Waals surface area contributed by atoms with Gasteiger partial charge in [0.15, 0.2) is 0 Å². The molecule has 28 heavy (non-hydrogen) atoms. The maximum absolute atomic E-state index is 12.4. The van der Waals surface area contributed by atoms with Gasteiger partial charge >= 0.3 is 0 Å². The zero-order chi connectivity index (χ0) is 20.0. The summed E-state index contributed by atoms with van der Waals surface area (Å²) in [6.07, 6.45) is 3.33. The summed E-state index contributed by atoms with van der Waals surface area (Å²) in [7, 11) is -3.59. The molecule has 2 N–H and O–H groups in total. The molecule has 0 saturated heterocycles. The third-order valence-electron chi connectivity index (χ3n) is 4.19. The zero-order valence-corrected chi connectivity index (χ0v) is 17.1. The number of carbonyl (C=O) groups excluding carboxylic acids is 1. The molecule has 0 aliphatic heterocycles. The van der Waals surface area contributed by atoms with Crippen LogP contribution in [0.3, 0.4) is 0 Å². The number of hydrogen-bond donors (Lipinski definition) is 2. The highest BCUT2D eigenvalue weighted by atomic mass is 32.2. The van der Waals surface area contributed by atoms with Gasteiger partial charge in [-0.15, -0.1) is 11.3 Å². The Morgan fingerprint density at radius 2 is 1.64 bits per heavy atom. The van der Waals surface area contributed by atoms with E-state index in [0.29, 0.717) is 11.3 Å². The minimum atomic E-state index is -3.59. The Hall–Kier alpha value is -2.64. The first kappa shape index (κ1) is 20.1. The van der Waals surface area contributed by atoms with Crippen molar-refractivity contribution in [2.75, 3.05) is 10.0 Å². The number of carbonyl (C=O) groups is 1. The van der Waals surface area contributed by atoms with E-state index < -0.39 is 10.0 Å². The molecule has 0 spiro atoms. The molecule has 0 unspecified atom stereocenters. The van der Waals surface area contributed by atoms with E-state index in [0.717, 1.165) is 36.3 Å². The Bertz CT molecular complexity index is 1010. The van der Waals surface area contributed by atoms with Crippen molar-refractivity contribution in [3.8, 4) is 0 Å². The molecule has 7 heteroatoms. The monoisotopic (exact) mass is 414 g/mol. The van der Waals surface area contributed by atoms with Crippen molar-refractivity contribution in [1.29, 1.82) is 0 Å². The highest BCUT2D eigenvalue weighted by Crippen LogP contribution is 2.21. The molecule has 1 amide bonds. The van der Waals surface area contributed by atoms with Gasteiger partial charge in [-0.25, -0.2) is 8.42 Å². The topological polar surface area (TPSA) is 75.3 Å².